The van der Waals surface area contributed by atoms with Gasteiger partial charge in [-0.1, -0.05) is 12.1 Å². The van der Waals surface area contributed by atoms with Gasteiger partial charge in [0.05, 0.1) is 12.0 Å². The van der Waals surface area contributed by atoms with Crippen LogP contribution in [-0.4, -0.2) is 53.1 Å². The summed E-state index contributed by atoms with van der Waals surface area (Å²) in [6.45, 7) is 4.03. The van der Waals surface area contributed by atoms with E-state index in [4.69, 9.17) is 0 Å². The molecule has 1 aromatic rings. The summed E-state index contributed by atoms with van der Waals surface area (Å²) >= 11 is 0. The number of rotatable bonds is 3. The summed E-state index contributed by atoms with van der Waals surface area (Å²) in [6, 6.07) is 6.62. The highest BCUT2D eigenvalue weighted by molar-refractivity contribution is 5.79. The van der Waals surface area contributed by atoms with Crippen LogP contribution in [0, 0.1) is 11.7 Å². The molecule has 1 saturated carbocycles. The minimum atomic E-state index is -0.457. The lowest BCUT2D eigenvalue weighted by atomic mass is 10.0. The highest BCUT2D eigenvalue weighted by atomic mass is 19.1. The smallest absolute Gasteiger partial charge is 0.228 e. The number of halogens is 1. The molecule has 1 aliphatic heterocycles. The van der Waals surface area contributed by atoms with Crippen molar-refractivity contribution in [2.45, 2.75) is 38.3 Å². The SMILES string of the molecule is O=C(C1CCCC1O)N1CCCN(Cc2ccc(F)cc2)CC1. The summed E-state index contributed by atoms with van der Waals surface area (Å²) in [4.78, 5) is 16.8. The Balaban J connectivity index is 1.54. The third-order valence-electron chi connectivity index (χ3n) is 5.02. The van der Waals surface area contributed by atoms with Crippen LogP contribution >= 0.6 is 0 Å². The van der Waals surface area contributed by atoms with E-state index < -0.39 is 6.10 Å². The summed E-state index contributed by atoms with van der Waals surface area (Å²) in [5.74, 6) is -0.284. The molecule has 23 heavy (non-hydrogen) atoms. The van der Waals surface area contributed by atoms with Crippen LogP contribution in [0.4, 0.5) is 4.39 Å². The second-order valence-electron chi connectivity index (χ2n) is 6.69. The highest BCUT2D eigenvalue weighted by Crippen LogP contribution is 2.27. The Kier molecular flexibility index (Phi) is 5.28. The summed E-state index contributed by atoms with van der Waals surface area (Å²) in [5, 5.41) is 9.94. The van der Waals surface area contributed by atoms with Crippen molar-refractivity contribution in [2.75, 3.05) is 26.2 Å². The number of aliphatic hydroxyl groups excluding tert-OH is 1. The summed E-state index contributed by atoms with van der Waals surface area (Å²) < 4.78 is 13.0. The van der Waals surface area contributed by atoms with E-state index in [2.05, 4.69) is 4.90 Å². The Labute approximate surface area is 136 Å². The number of carbonyl (C=O) groups excluding carboxylic acids is 1. The van der Waals surface area contributed by atoms with Gasteiger partial charge in [0, 0.05) is 32.7 Å². The van der Waals surface area contributed by atoms with Crippen LogP contribution in [0.2, 0.25) is 0 Å². The zero-order valence-corrected chi connectivity index (χ0v) is 13.5. The van der Waals surface area contributed by atoms with Crippen LogP contribution in [0.1, 0.15) is 31.2 Å². The number of nitrogens with zero attached hydrogens (tertiary/aromatic N) is 2. The minimum absolute atomic E-state index is 0.124. The fourth-order valence-electron chi connectivity index (χ4n) is 3.66. The fraction of sp³-hybridized carbons (Fsp3) is 0.611. The molecule has 4 nitrogen and oxygen atoms in total. The van der Waals surface area contributed by atoms with E-state index in [9.17, 15) is 14.3 Å². The van der Waals surface area contributed by atoms with Gasteiger partial charge in [0.2, 0.25) is 5.91 Å². The van der Waals surface area contributed by atoms with Crippen LogP contribution in [-0.2, 0) is 11.3 Å². The van der Waals surface area contributed by atoms with Crippen molar-refractivity contribution in [3.63, 3.8) is 0 Å². The molecule has 3 rings (SSSR count). The summed E-state index contributed by atoms with van der Waals surface area (Å²) in [6.07, 6.45) is 3.00. The molecule has 2 aliphatic rings. The van der Waals surface area contributed by atoms with Crippen molar-refractivity contribution in [2.24, 2.45) is 5.92 Å². The van der Waals surface area contributed by atoms with Gasteiger partial charge in [0.25, 0.3) is 0 Å². The summed E-state index contributed by atoms with van der Waals surface area (Å²) in [5.41, 5.74) is 1.09. The normalized spacial score (nSPS) is 26.3. The van der Waals surface area contributed by atoms with E-state index in [0.29, 0.717) is 6.54 Å². The molecule has 0 radical (unpaired) electrons. The molecule has 126 valence electrons. The Morgan fingerprint density at radius 1 is 1.09 bits per heavy atom. The van der Waals surface area contributed by atoms with Gasteiger partial charge < -0.3 is 10.0 Å². The Morgan fingerprint density at radius 2 is 1.87 bits per heavy atom. The van der Waals surface area contributed by atoms with Gasteiger partial charge in [-0.2, -0.15) is 0 Å². The van der Waals surface area contributed by atoms with Gasteiger partial charge in [0.15, 0.2) is 0 Å². The van der Waals surface area contributed by atoms with Crippen molar-refractivity contribution in [3.8, 4) is 0 Å². The van der Waals surface area contributed by atoms with E-state index in [1.54, 1.807) is 0 Å². The first-order valence-corrected chi connectivity index (χ1v) is 8.57. The maximum absolute atomic E-state index is 13.0. The lowest BCUT2D eigenvalue weighted by molar-refractivity contribution is -0.138. The number of aliphatic hydroxyl groups is 1. The van der Waals surface area contributed by atoms with Crippen LogP contribution in [0.3, 0.4) is 0 Å². The zero-order valence-electron chi connectivity index (χ0n) is 13.5. The second-order valence-corrected chi connectivity index (χ2v) is 6.69. The van der Waals surface area contributed by atoms with Gasteiger partial charge in [-0.15, -0.1) is 0 Å². The molecule has 1 N–H and O–H groups in total. The molecule has 1 saturated heterocycles. The van der Waals surface area contributed by atoms with Gasteiger partial charge >= 0.3 is 0 Å². The van der Waals surface area contributed by atoms with Crippen molar-refractivity contribution in [3.05, 3.63) is 35.6 Å². The molecule has 2 fully saturated rings. The predicted molar refractivity (Wildman–Crippen MR) is 86.2 cm³/mol. The van der Waals surface area contributed by atoms with Gasteiger partial charge in [-0.05, 0) is 43.4 Å². The molecule has 2 unspecified atom stereocenters. The van der Waals surface area contributed by atoms with E-state index in [1.165, 1.54) is 12.1 Å². The average Bonchev–Trinajstić information content (AvgIpc) is 2.84. The molecule has 0 aromatic heterocycles. The Hall–Kier alpha value is -1.46. The standard InChI is InChI=1S/C18H25FN2O2/c19-15-7-5-14(6-8-15)13-20-9-2-10-21(12-11-20)18(23)16-3-1-4-17(16)22/h5-8,16-17,22H,1-4,9-13H2. The first-order chi connectivity index (χ1) is 11.1. The predicted octanol–water partition coefficient (Wildman–Crippen LogP) is 2.02. The summed E-state index contributed by atoms with van der Waals surface area (Å²) in [7, 11) is 0. The zero-order chi connectivity index (χ0) is 16.2. The second kappa shape index (κ2) is 7.41. The van der Waals surface area contributed by atoms with Crippen molar-refractivity contribution < 1.29 is 14.3 Å². The molecule has 0 bridgehead atoms. The van der Waals surface area contributed by atoms with Crippen LogP contribution in [0.15, 0.2) is 24.3 Å². The monoisotopic (exact) mass is 320 g/mol. The number of hydrogen-bond donors (Lipinski definition) is 1. The van der Waals surface area contributed by atoms with Gasteiger partial charge in [0.1, 0.15) is 5.82 Å². The number of carbonyl (C=O) groups is 1. The van der Waals surface area contributed by atoms with Crippen LogP contribution < -0.4 is 0 Å². The van der Waals surface area contributed by atoms with Crippen molar-refractivity contribution >= 4 is 5.91 Å². The quantitative estimate of drug-likeness (QED) is 0.927. The van der Waals surface area contributed by atoms with E-state index in [-0.39, 0.29) is 17.6 Å². The molecular formula is C18H25FN2O2. The van der Waals surface area contributed by atoms with Gasteiger partial charge in [-0.25, -0.2) is 4.39 Å². The third kappa shape index (κ3) is 4.09. The van der Waals surface area contributed by atoms with Gasteiger partial charge in [-0.3, -0.25) is 9.69 Å². The van der Waals surface area contributed by atoms with E-state index in [0.717, 1.165) is 57.4 Å². The number of benzene rings is 1. The molecule has 5 heteroatoms. The Morgan fingerprint density at radius 3 is 2.57 bits per heavy atom. The average molecular weight is 320 g/mol. The maximum atomic E-state index is 13.0. The number of amides is 1. The van der Waals surface area contributed by atoms with Crippen molar-refractivity contribution in [1.82, 2.24) is 9.80 Å². The highest BCUT2D eigenvalue weighted by Gasteiger charge is 2.34. The molecular weight excluding hydrogens is 295 g/mol. The molecule has 1 aromatic carbocycles. The lowest BCUT2D eigenvalue weighted by Gasteiger charge is -2.26. The van der Waals surface area contributed by atoms with Crippen LogP contribution in [0.25, 0.3) is 0 Å². The molecule has 1 amide bonds. The topological polar surface area (TPSA) is 43.8 Å². The third-order valence-corrected chi connectivity index (χ3v) is 5.02. The minimum Gasteiger partial charge on any atom is -0.392 e. The molecule has 2 atom stereocenters. The first-order valence-electron chi connectivity index (χ1n) is 8.57. The largest absolute Gasteiger partial charge is 0.392 e. The Bertz CT molecular complexity index is 534. The maximum Gasteiger partial charge on any atom is 0.228 e. The van der Waals surface area contributed by atoms with E-state index >= 15 is 0 Å². The van der Waals surface area contributed by atoms with Crippen LogP contribution in [0.5, 0.6) is 0 Å². The van der Waals surface area contributed by atoms with Crippen molar-refractivity contribution in [1.29, 1.82) is 0 Å². The molecule has 1 heterocycles. The fourth-order valence-corrected chi connectivity index (χ4v) is 3.66. The van der Waals surface area contributed by atoms with E-state index in [1.807, 2.05) is 17.0 Å². The number of hydrogen-bond acceptors (Lipinski definition) is 3. The molecule has 0 spiro atoms. The lowest BCUT2D eigenvalue weighted by Crippen LogP contribution is -2.41. The molecule has 1 aliphatic carbocycles. The first kappa shape index (κ1) is 16.4.